The molecule has 0 aromatic heterocycles. The Bertz CT molecular complexity index is 724. The summed E-state index contributed by atoms with van der Waals surface area (Å²) in [5, 5.41) is 7.33. The molecule has 22 heavy (non-hydrogen) atoms. The number of hydrogen-bond donors (Lipinski definition) is 2. The Labute approximate surface area is 129 Å². The minimum absolute atomic E-state index is 0.233. The number of carbonyl (C=O) groups is 2. The van der Waals surface area contributed by atoms with Gasteiger partial charge in [0, 0.05) is 33.3 Å². The van der Waals surface area contributed by atoms with Gasteiger partial charge >= 0.3 is 0 Å². The fraction of sp³-hybridized carbons (Fsp3) is 0.111. The molecule has 0 aliphatic carbocycles. The zero-order chi connectivity index (χ0) is 16.3. The molecule has 0 radical (unpaired) electrons. The van der Waals surface area contributed by atoms with Crippen molar-refractivity contribution in [1.29, 1.82) is 0 Å². The van der Waals surface area contributed by atoms with E-state index in [1.54, 1.807) is 13.8 Å². The molecule has 2 aromatic rings. The highest BCUT2D eigenvalue weighted by atomic mass is 16.2. The zero-order valence-electron chi connectivity index (χ0n) is 12.7. The topological polar surface area (TPSA) is 58.2 Å². The second-order valence-corrected chi connectivity index (χ2v) is 5.18. The summed E-state index contributed by atoms with van der Waals surface area (Å²) < 4.78 is 0. The quantitative estimate of drug-likeness (QED) is 0.841. The van der Waals surface area contributed by atoms with Crippen molar-refractivity contribution >= 4 is 34.0 Å². The molecule has 2 aromatic carbocycles. The third kappa shape index (κ3) is 3.23. The minimum Gasteiger partial charge on any atom is -0.322 e. The average Bonchev–Trinajstić information content (AvgIpc) is 2.47. The van der Waals surface area contributed by atoms with E-state index in [0.717, 1.165) is 10.8 Å². The first-order chi connectivity index (χ1) is 10.4. The van der Waals surface area contributed by atoms with Crippen LogP contribution in [0.25, 0.3) is 10.8 Å². The lowest BCUT2D eigenvalue weighted by Crippen LogP contribution is -2.13. The zero-order valence-corrected chi connectivity index (χ0v) is 12.7. The summed E-state index contributed by atoms with van der Waals surface area (Å²) in [5.74, 6) is -0.465. The molecule has 2 rings (SSSR count). The van der Waals surface area contributed by atoms with Gasteiger partial charge in [0.05, 0.1) is 0 Å². The molecule has 0 bridgehead atoms. The summed E-state index contributed by atoms with van der Waals surface area (Å²) in [4.78, 5) is 23.6. The standard InChI is InChI=1S/C18H18N2O2/c1-11(2)17(21)19-15-9-5-8-14-13(15)7-6-10-16(14)20-18(22)12(3)4/h5-10H,1,3H2,2,4H3,(H,19,21)(H,20,22). The predicted molar refractivity (Wildman–Crippen MR) is 90.8 cm³/mol. The fourth-order valence-corrected chi connectivity index (χ4v) is 1.99. The first-order valence-electron chi connectivity index (χ1n) is 6.85. The highest BCUT2D eigenvalue weighted by Crippen LogP contribution is 2.29. The predicted octanol–water partition coefficient (Wildman–Crippen LogP) is 3.87. The van der Waals surface area contributed by atoms with Gasteiger partial charge in [-0.2, -0.15) is 0 Å². The Kier molecular flexibility index (Phi) is 4.41. The molecular weight excluding hydrogens is 276 g/mol. The van der Waals surface area contributed by atoms with Crippen LogP contribution in [-0.4, -0.2) is 11.8 Å². The highest BCUT2D eigenvalue weighted by molar-refractivity contribution is 6.13. The average molecular weight is 294 g/mol. The van der Waals surface area contributed by atoms with E-state index in [2.05, 4.69) is 23.8 Å². The van der Waals surface area contributed by atoms with Gasteiger partial charge < -0.3 is 10.6 Å². The Balaban J connectivity index is 2.46. The van der Waals surface area contributed by atoms with Gasteiger partial charge in [0.2, 0.25) is 0 Å². The lowest BCUT2D eigenvalue weighted by atomic mass is 10.1. The highest BCUT2D eigenvalue weighted by Gasteiger charge is 2.10. The van der Waals surface area contributed by atoms with E-state index in [-0.39, 0.29) is 11.8 Å². The molecule has 0 aliphatic heterocycles. The van der Waals surface area contributed by atoms with Gasteiger partial charge in [0.15, 0.2) is 0 Å². The SMILES string of the molecule is C=C(C)C(=O)Nc1cccc2c(NC(=O)C(=C)C)cccc12. The molecule has 2 amide bonds. The number of amides is 2. The van der Waals surface area contributed by atoms with E-state index >= 15 is 0 Å². The van der Waals surface area contributed by atoms with Crippen LogP contribution in [-0.2, 0) is 9.59 Å². The summed E-state index contributed by atoms with van der Waals surface area (Å²) in [6.07, 6.45) is 0. The first-order valence-corrected chi connectivity index (χ1v) is 6.85. The van der Waals surface area contributed by atoms with Gasteiger partial charge in [-0.25, -0.2) is 0 Å². The van der Waals surface area contributed by atoms with E-state index in [1.165, 1.54) is 0 Å². The smallest absolute Gasteiger partial charge is 0.250 e. The van der Waals surface area contributed by atoms with Crippen LogP contribution in [0.2, 0.25) is 0 Å². The van der Waals surface area contributed by atoms with Crippen LogP contribution >= 0.6 is 0 Å². The van der Waals surface area contributed by atoms with Gasteiger partial charge in [0.25, 0.3) is 11.8 Å². The second-order valence-electron chi connectivity index (χ2n) is 5.18. The van der Waals surface area contributed by atoms with Gasteiger partial charge in [-0.15, -0.1) is 0 Å². The van der Waals surface area contributed by atoms with E-state index in [0.29, 0.717) is 22.5 Å². The van der Waals surface area contributed by atoms with Gasteiger partial charge in [-0.3, -0.25) is 9.59 Å². The fourth-order valence-electron chi connectivity index (χ4n) is 1.99. The summed E-state index contributed by atoms with van der Waals surface area (Å²) in [7, 11) is 0. The Morgan fingerprint density at radius 2 is 1.14 bits per heavy atom. The maximum atomic E-state index is 11.8. The van der Waals surface area contributed by atoms with Crippen molar-refractivity contribution in [3.8, 4) is 0 Å². The van der Waals surface area contributed by atoms with Crippen molar-refractivity contribution in [2.24, 2.45) is 0 Å². The van der Waals surface area contributed by atoms with Crippen LogP contribution in [0.15, 0.2) is 60.7 Å². The molecule has 0 spiro atoms. The maximum absolute atomic E-state index is 11.8. The van der Waals surface area contributed by atoms with E-state index in [1.807, 2.05) is 36.4 Å². The molecule has 112 valence electrons. The van der Waals surface area contributed by atoms with Crippen molar-refractivity contribution in [1.82, 2.24) is 0 Å². The molecule has 2 N–H and O–H groups in total. The number of anilines is 2. The lowest BCUT2D eigenvalue weighted by molar-refractivity contribution is -0.113. The minimum atomic E-state index is -0.233. The van der Waals surface area contributed by atoms with Crippen LogP contribution in [0.5, 0.6) is 0 Å². The van der Waals surface area contributed by atoms with E-state index in [4.69, 9.17) is 0 Å². The first kappa shape index (κ1) is 15.5. The van der Waals surface area contributed by atoms with Crippen molar-refractivity contribution in [3.05, 3.63) is 60.7 Å². The van der Waals surface area contributed by atoms with Crippen molar-refractivity contribution < 1.29 is 9.59 Å². The van der Waals surface area contributed by atoms with E-state index in [9.17, 15) is 9.59 Å². The number of carbonyl (C=O) groups excluding carboxylic acids is 2. The molecule has 0 fully saturated rings. The molecule has 0 saturated heterocycles. The monoisotopic (exact) mass is 294 g/mol. The van der Waals surface area contributed by atoms with Crippen molar-refractivity contribution in [2.45, 2.75) is 13.8 Å². The maximum Gasteiger partial charge on any atom is 0.250 e. The van der Waals surface area contributed by atoms with Crippen LogP contribution in [0.1, 0.15) is 13.8 Å². The third-order valence-corrected chi connectivity index (χ3v) is 3.19. The molecule has 0 heterocycles. The number of nitrogens with one attached hydrogen (secondary N) is 2. The van der Waals surface area contributed by atoms with Crippen LogP contribution in [0.4, 0.5) is 11.4 Å². The van der Waals surface area contributed by atoms with Gasteiger partial charge in [-0.05, 0) is 26.0 Å². The number of hydrogen-bond acceptors (Lipinski definition) is 2. The molecule has 0 unspecified atom stereocenters. The normalized spacial score (nSPS) is 10.1. The summed E-state index contributed by atoms with van der Waals surface area (Å²) >= 11 is 0. The molecule has 4 heteroatoms. The molecule has 0 aliphatic rings. The molecule has 0 saturated carbocycles. The Morgan fingerprint density at radius 3 is 1.45 bits per heavy atom. The van der Waals surface area contributed by atoms with Crippen LogP contribution in [0.3, 0.4) is 0 Å². The lowest BCUT2D eigenvalue weighted by Gasteiger charge is -2.12. The second kappa shape index (κ2) is 6.26. The molecular formula is C18H18N2O2. The third-order valence-electron chi connectivity index (χ3n) is 3.19. The number of rotatable bonds is 4. The summed E-state index contributed by atoms with van der Waals surface area (Å²) in [5.41, 5.74) is 2.22. The summed E-state index contributed by atoms with van der Waals surface area (Å²) in [6, 6.07) is 11.1. The van der Waals surface area contributed by atoms with Crippen molar-refractivity contribution in [2.75, 3.05) is 10.6 Å². The van der Waals surface area contributed by atoms with Crippen LogP contribution < -0.4 is 10.6 Å². The molecule has 0 atom stereocenters. The Hall–Kier alpha value is -2.88. The van der Waals surface area contributed by atoms with Crippen LogP contribution in [0, 0.1) is 0 Å². The number of benzene rings is 2. The Morgan fingerprint density at radius 1 is 0.773 bits per heavy atom. The van der Waals surface area contributed by atoms with Gasteiger partial charge in [0.1, 0.15) is 0 Å². The van der Waals surface area contributed by atoms with E-state index < -0.39 is 0 Å². The largest absolute Gasteiger partial charge is 0.322 e. The molecule has 4 nitrogen and oxygen atoms in total. The summed E-state index contributed by atoms with van der Waals surface area (Å²) in [6.45, 7) is 10.6. The van der Waals surface area contributed by atoms with Gasteiger partial charge in [-0.1, -0.05) is 37.4 Å². The van der Waals surface area contributed by atoms with Crippen molar-refractivity contribution in [3.63, 3.8) is 0 Å². The number of fused-ring (bicyclic) bond motifs is 1.